The number of rotatable bonds is 5. The van der Waals surface area contributed by atoms with Crippen LogP contribution in [0.1, 0.15) is 56.9 Å². The van der Waals surface area contributed by atoms with E-state index in [2.05, 4.69) is 41.0 Å². The van der Waals surface area contributed by atoms with E-state index in [1.165, 1.54) is 18.4 Å². The average molecular weight is 419 g/mol. The molecule has 2 N–H and O–H groups in total. The van der Waals surface area contributed by atoms with Crippen LogP contribution < -0.4 is 10.6 Å². The highest BCUT2D eigenvalue weighted by Gasteiger charge is 2.65. The third-order valence-corrected chi connectivity index (χ3v) is 8.59. The number of nitrogens with one attached hydrogen (secondary N) is 2. The van der Waals surface area contributed by atoms with Gasteiger partial charge in [-0.1, -0.05) is 30.3 Å². The van der Waals surface area contributed by atoms with E-state index in [-0.39, 0.29) is 28.2 Å². The SMILES string of the molecule is O=C(NC1CCNC[C@@H]1F)C12CC3C[C@@](CCCl)(C1)C[C@](c1ccccc1)(C3)C2. The summed E-state index contributed by atoms with van der Waals surface area (Å²) in [5.41, 5.74) is 1.22. The standard InChI is InChI=1S/C24H32ClFN2O/c25-8-7-22-10-17-11-23(14-22,18-4-2-1-3-5-18)16-24(12-17,15-22)21(29)28-20-6-9-27-13-19(20)26/h1-5,17,19-20,27H,6-16H2,(H,28,29)/t17?,19-,20?,22+,23+,24?/m0/s1. The van der Waals surface area contributed by atoms with Gasteiger partial charge in [0.25, 0.3) is 0 Å². The second-order valence-corrected chi connectivity index (χ2v) is 10.8. The number of carbonyl (C=O) groups excluding carboxylic acids is 1. The number of hydrogen-bond acceptors (Lipinski definition) is 2. The Morgan fingerprint density at radius 3 is 2.76 bits per heavy atom. The van der Waals surface area contributed by atoms with Crippen molar-refractivity contribution in [1.82, 2.24) is 10.6 Å². The van der Waals surface area contributed by atoms with Gasteiger partial charge >= 0.3 is 0 Å². The molecule has 1 saturated heterocycles. The fourth-order valence-corrected chi connectivity index (χ4v) is 8.19. The molecule has 6 rings (SSSR count). The number of carbonyl (C=O) groups is 1. The molecule has 1 amide bonds. The molecule has 1 aromatic rings. The maximum absolute atomic E-state index is 14.4. The third-order valence-electron chi connectivity index (χ3n) is 8.40. The van der Waals surface area contributed by atoms with Crippen LogP contribution in [0.25, 0.3) is 0 Å². The Bertz CT molecular complexity index is 775. The molecule has 0 spiro atoms. The lowest BCUT2D eigenvalue weighted by atomic mass is 9.38. The van der Waals surface area contributed by atoms with Crippen LogP contribution in [0, 0.1) is 16.7 Å². The van der Waals surface area contributed by atoms with Gasteiger partial charge in [0, 0.05) is 12.4 Å². The minimum absolute atomic E-state index is 0.0628. The van der Waals surface area contributed by atoms with Crippen molar-refractivity contribution in [2.45, 2.75) is 69.0 Å². The van der Waals surface area contributed by atoms with Gasteiger partial charge in [-0.25, -0.2) is 4.39 Å². The topological polar surface area (TPSA) is 41.1 Å². The number of hydrogen-bond donors (Lipinski definition) is 2. The van der Waals surface area contributed by atoms with Gasteiger partial charge in [0.1, 0.15) is 6.17 Å². The highest BCUT2D eigenvalue weighted by atomic mass is 35.5. The number of halogens is 2. The Morgan fingerprint density at radius 1 is 1.17 bits per heavy atom. The van der Waals surface area contributed by atoms with E-state index in [4.69, 9.17) is 11.6 Å². The predicted octanol–water partition coefficient (Wildman–Crippen LogP) is 4.34. The van der Waals surface area contributed by atoms with Crippen LogP contribution in [-0.2, 0) is 10.2 Å². The molecule has 5 aliphatic rings. The molecule has 1 aromatic carbocycles. The molecule has 1 heterocycles. The van der Waals surface area contributed by atoms with Crippen LogP contribution in [-0.4, -0.2) is 37.1 Å². The van der Waals surface area contributed by atoms with Crippen molar-refractivity contribution in [2.24, 2.45) is 16.7 Å². The Morgan fingerprint density at radius 2 is 2.00 bits per heavy atom. The van der Waals surface area contributed by atoms with E-state index in [0.717, 1.165) is 38.6 Å². The molecule has 3 nitrogen and oxygen atoms in total. The molecule has 1 aliphatic heterocycles. The van der Waals surface area contributed by atoms with E-state index in [1.807, 2.05) is 0 Å². The summed E-state index contributed by atoms with van der Waals surface area (Å²) < 4.78 is 14.4. The second-order valence-electron chi connectivity index (χ2n) is 10.5. The van der Waals surface area contributed by atoms with Crippen molar-refractivity contribution >= 4 is 17.5 Å². The summed E-state index contributed by atoms with van der Waals surface area (Å²) in [6.07, 6.45) is 6.94. The van der Waals surface area contributed by atoms with Gasteiger partial charge < -0.3 is 10.6 Å². The average Bonchev–Trinajstić information content (AvgIpc) is 2.69. The van der Waals surface area contributed by atoms with Crippen molar-refractivity contribution in [2.75, 3.05) is 19.0 Å². The van der Waals surface area contributed by atoms with Crippen molar-refractivity contribution in [1.29, 1.82) is 0 Å². The lowest BCUT2D eigenvalue weighted by Gasteiger charge is -2.66. The van der Waals surface area contributed by atoms with E-state index < -0.39 is 6.17 Å². The van der Waals surface area contributed by atoms with Crippen molar-refractivity contribution in [3.63, 3.8) is 0 Å². The number of alkyl halides is 2. The first-order chi connectivity index (χ1) is 14.0. The number of benzene rings is 1. The Balaban J connectivity index is 1.48. The minimum atomic E-state index is -0.999. The molecule has 5 heteroatoms. The first-order valence-corrected chi connectivity index (χ1v) is 11.8. The van der Waals surface area contributed by atoms with Crippen LogP contribution in [0.15, 0.2) is 30.3 Å². The summed E-state index contributed by atoms with van der Waals surface area (Å²) >= 11 is 6.27. The second kappa shape index (κ2) is 7.23. The molecule has 4 saturated carbocycles. The Labute approximate surface area is 178 Å². The molecular weight excluding hydrogens is 387 g/mol. The van der Waals surface area contributed by atoms with Gasteiger partial charge in [-0.3, -0.25) is 4.79 Å². The molecule has 0 radical (unpaired) electrons. The summed E-state index contributed by atoms with van der Waals surface area (Å²) in [6.45, 7) is 1.11. The normalized spacial score (nSPS) is 43.3. The van der Waals surface area contributed by atoms with Gasteiger partial charge in [-0.2, -0.15) is 0 Å². The summed E-state index contributed by atoms with van der Waals surface area (Å²) in [7, 11) is 0. The van der Waals surface area contributed by atoms with Gasteiger partial charge in [-0.05, 0) is 80.2 Å². The Hall–Kier alpha value is -1.13. The van der Waals surface area contributed by atoms with Crippen molar-refractivity contribution in [3.8, 4) is 0 Å². The first kappa shape index (κ1) is 19.8. The zero-order chi connectivity index (χ0) is 20.1. The molecule has 3 unspecified atom stereocenters. The first-order valence-electron chi connectivity index (χ1n) is 11.3. The summed E-state index contributed by atoms with van der Waals surface area (Å²) in [5.74, 6) is 1.32. The summed E-state index contributed by atoms with van der Waals surface area (Å²) in [5, 5.41) is 6.25. The molecule has 4 aliphatic carbocycles. The predicted molar refractivity (Wildman–Crippen MR) is 114 cm³/mol. The van der Waals surface area contributed by atoms with E-state index in [1.54, 1.807) is 0 Å². The molecule has 0 aromatic heterocycles. The lowest BCUT2D eigenvalue weighted by molar-refractivity contribution is -0.164. The molecule has 4 bridgehead atoms. The van der Waals surface area contributed by atoms with Crippen LogP contribution in [0.4, 0.5) is 4.39 Å². The van der Waals surface area contributed by atoms with E-state index in [0.29, 0.717) is 24.8 Å². The molecule has 29 heavy (non-hydrogen) atoms. The van der Waals surface area contributed by atoms with Crippen molar-refractivity contribution < 1.29 is 9.18 Å². The van der Waals surface area contributed by atoms with E-state index in [9.17, 15) is 9.18 Å². The van der Waals surface area contributed by atoms with Crippen LogP contribution >= 0.6 is 11.6 Å². The Kier molecular flexibility index (Phi) is 4.94. The van der Waals surface area contributed by atoms with Gasteiger partial charge in [0.2, 0.25) is 5.91 Å². The van der Waals surface area contributed by atoms with Crippen LogP contribution in [0.3, 0.4) is 0 Å². The lowest BCUT2D eigenvalue weighted by Crippen LogP contribution is -2.64. The van der Waals surface area contributed by atoms with Crippen LogP contribution in [0.2, 0.25) is 0 Å². The molecule has 6 atom stereocenters. The third kappa shape index (κ3) is 3.31. The zero-order valence-corrected chi connectivity index (χ0v) is 17.8. The van der Waals surface area contributed by atoms with E-state index >= 15 is 0 Å². The number of piperidine rings is 1. The van der Waals surface area contributed by atoms with Crippen LogP contribution in [0.5, 0.6) is 0 Å². The highest BCUT2D eigenvalue weighted by molar-refractivity contribution is 6.17. The van der Waals surface area contributed by atoms with Gasteiger partial charge in [0.15, 0.2) is 0 Å². The fourth-order valence-electron chi connectivity index (χ4n) is 7.79. The quantitative estimate of drug-likeness (QED) is 0.698. The summed E-state index contributed by atoms with van der Waals surface area (Å²) in [6, 6.07) is 10.5. The van der Waals surface area contributed by atoms with Gasteiger partial charge in [0.05, 0.1) is 11.5 Å². The fraction of sp³-hybridized carbons (Fsp3) is 0.708. The number of amides is 1. The maximum atomic E-state index is 14.4. The minimum Gasteiger partial charge on any atom is -0.350 e. The molecule has 158 valence electrons. The van der Waals surface area contributed by atoms with Gasteiger partial charge in [-0.15, -0.1) is 11.6 Å². The molecule has 5 fully saturated rings. The monoisotopic (exact) mass is 418 g/mol. The van der Waals surface area contributed by atoms with Crippen molar-refractivity contribution in [3.05, 3.63) is 35.9 Å². The largest absolute Gasteiger partial charge is 0.350 e. The maximum Gasteiger partial charge on any atom is 0.226 e. The highest BCUT2D eigenvalue weighted by Crippen LogP contribution is 2.71. The summed E-state index contributed by atoms with van der Waals surface area (Å²) in [4.78, 5) is 13.7. The smallest absolute Gasteiger partial charge is 0.226 e. The zero-order valence-electron chi connectivity index (χ0n) is 17.1. The molecular formula is C24H32ClFN2O.